The fourth-order valence-corrected chi connectivity index (χ4v) is 3.47. The molecule has 2 heterocycles. The molecule has 0 bridgehead atoms. The minimum atomic E-state index is -0.378. The SMILES string of the molecule is COc1cccc(NC(=O)c2ccccc2NC(=O)c2cc(C(C)C)nc3onc(C)c23)c1. The molecule has 8 nitrogen and oxygen atoms in total. The Balaban J connectivity index is 1.65. The highest BCUT2D eigenvalue weighted by atomic mass is 16.5. The van der Waals surface area contributed by atoms with E-state index in [0.717, 1.165) is 0 Å². The lowest BCUT2D eigenvalue weighted by Crippen LogP contribution is -2.19. The van der Waals surface area contributed by atoms with Crippen molar-refractivity contribution in [2.24, 2.45) is 0 Å². The molecule has 0 aliphatic carbocycles. The number of methoxy groups -OCH3 is 1. The van der Waals surface area contributed by atoms with Gasteiger partial charge in [-0.05, 0) is 43.2 Å². The number of hydrogen-bond acceptors (Lipinski definition) is 6. The summed E-state index contributed by atoms with van der Waals surface area (Å²) in [6.45, 7) is 5.73. The molecule has 0 aliphatic heterocycles. The maximum Gasteiger partial charge on any atom is 0.259 e. The Morgan fingerprint density at radius 3 is 2.48 bits per heavy atom. The Morgan fingerprint density at radius 1 is 0.970 bits per heavy atom. The second-order valence-corrected chi connectivity index (χ2v) is 7.88. The summed E-state index contributed by atoms with van der Waals surface area (Å²) in [5.41, 5.74) is 3.28. The number of anilines is 2. The van der Waals surface area contributed by atoms with Crippen LogP contribution in [-0.4, -0.2) is 29.1 Å². The lowest BCUT2D eigenvalue weighted by Gasteiger charge is -2.13. The lowest BCUT2D eigenvalue weighted by atomic mass is 10.0. The fraction of sp³-hybridized carbons (Fsp3) is 0.200. The van der Waals surface area contributed by atoms with Gasteiger partial charge in [-0.15, -0.1) is 0 Å². The van der Waals surface area contributed by atoms with Crippen LogP contribution in [0.5, 0.6) is 5.75 Å². The molecule has 0 radical (unpaired) electrons. The summed E-state index contributed by atoms with van der Waals surface area (Å²) >= 11 is 0. The maximum absolute atomic E-state index is 13.3. The molecule has 0 saturated heterocycles. The smallest absolute Gasteiger partial charge is 0.259 e. The molecule has 2 N–H and O–H groups in total. The van der Waals surface area contributed by atoms with Gasteiger partial charge >= 0.3 is 0 Å². The first-order valence-electron chi connectivity index (χ1n) is 10.5. The quantitative estimate of drug-likeness (QED) is 0.425. The summed E-state index contributed by atoms with van der Waals surface area (Å²) in [6, 6.07) is 15.6. The molecule has 0 unspecified atom stereocenters. The van der Waals surface area contributed by atoms with Crippen molar-refractivity contribution in [1.29, 1.82) is 0 Å². The predicted octanol–water partition coefficient (Wildman–Crippen LogP) is 5.17. The van der Waals surface area contributed by atoms with Crippen molar-refractivity contribution < 1.29 is 18.8 Å². The first kappa shape index (κ1) is 22.0. The van der Waals surface area contributed by atoms with Crippen LogP contribution in [0, 0.1) is 6.92 Å². The number of rotatable bonds is 6. The summed E-state index contributed by atoms with van der Waals surface area (Å²) < 4.78 is 10.5. The van der Waals surface area contributed by atoms with Gasteiger partial charge in [-0.3, -0.25) is 9.59 Å². The van der Waals surface area contributed by atoms with Crippen molar-refractivity contribution in [1.82, 2.24) is 10.1 Å². The van der Waals surface area contributed by atoms with Gasteiger partial charge in [-0.1, -0.05) is 37.2 Å². The maximum atomic E-state index is 13.3. The molecule has 2 aromatic carbocycles. The zero-order chi connectivity index (χ0) is 23.5. The van der Waals surface area contributed by atoms with Gasteiger partial charge < -0.3 is 19.9 Å². The van der Waals surface area contributed by atoms with E-state index in [1.807, 2.05) is 13.8 Å². The van der Waals surface area contributed by atoms with E-state index in [4.69, 9.17) is 9.26 Å². The summed E-state index contributed by atoms with van der Waals surface area (Å²) in [6.07, 6.45) is 0. The first-order valence-corrected chi connectivity index (χ1v) is 10.5. The summed E-state index contributed by atoms with van der Waals surface area (Å²) in [4.78, 5) is 30.8. The van der Waals surface area contributed by atoms with Gasteiger partial charge in [0.05, 0.1) is 35.0 Å². The van der Waals surface area contributed by atoms with E-state index in [2.05, 4.69) is 20.8 Å². The van der Waals surface area contributed by atoms with E-state index in [1.165, 1.54) is 0 Å². The molecule has 4 rings (SSSR count). The number of carbonyl (C=O) groups is 2. The number of benzene rings is 2. The molecule has 0 saturated carbocycles. The molecule has 0 aliphatic rings. The van der Waals surface area contributed by atoms with Gasteiger partial charge in [-0.25, -0.2) is 4.98 Å². The fourth-order valence-electron chi connectivity index (χ4n) is 3.47. The lowest BCUT2D eigenvalue weighted by molar-refractivity contribution is 0.102. The molecule has 0 atom stereocenters. The number of nitrogens with zero attached hydrogens (tertiary/aromatic N) is 2. The third kappa shape index (κ3) is 4.55. The van der Waals surface area contributed by atoms with Crippen molar-refractivity contribution in [3.05, 3.63) is 77.1 Å². The molecule has 4 aromatic rings. The number of para-hydroxylation sites is 1. The highest BCUT2D eigenvalue weighted by Gasteiger charge is 2.21. The van der Waals surface area contributed by atoms with Gasteiger partial charge in [0.25, 0.3) is 17.5 Å². The largest absolute Gasteiger partial charge is 0.497 e. The topological polar surface area (TPSA) is 106 Å². The minimum absolute atomic E-state index is 0.0901. The minimum Gasteiger partial charge on any atom is -0.497 e. The van der Waals surface area contributed by atoms with Gasteiger partial charge in [0.2, 0.25) is 0 Å². The first-order chi connectivity index (χ1) is 15.9. The molecular weight excluding hydrogens is 420 g/mol. The second-order valence-electron chi connectivity index (χ2n) is 7.88. The van der Waals surface area contributed by atoms with E-state index >= 15 is 0 Å². The molecule has 168 valence electrons. The normalized spacial score (nSPS) is 10.9. The highest BCUT2D eigenvalue weighted by Crippen LogP contribution is 2.27. The van der Waals surface area contributed by atoms with Gasteiger partial charge in [-0.2, -0.15) is 0 Å². The van der Waals surface area contributed by atoms with Crippen LogP contribution >= 0.6 is 0 Å². The van der Waals surface area contributed by atoms with Gasteiger partial charge in [0.15, 0.2) is 0 Å². The Bertz CT molecular complexity index is 1340. The van der Waals surface area contributed by atoms with Gasteiger partial charge in [0, 0.05) is 17.4 Å². The van der Waals surface area contributed by atoms with E-state index in [-0.39, 0.29) is 17.7 Å². The number of nitrogens with one attached hydrogen (secondary N) is 2. The zero-order valence-corrected chi connectivity index (χ0v) is 18.8. The second kappa shape index (κ2) is 9.12. The number of fused-ring (bicyclic) bond motifs is 1. The number of amides is 2. The number of hydrogen-bond donors (Lipinski definition) is 2. The number of aryl methyl sites for hydroxylation is 1. The van der Waals surface area contributed by atoms with Crippen LogP contribution in [0.25, 0.3) is 11.1 Å². The van der Waals surface area contributed by atoms with E-state index in [0.29, 0.717) is 50.7 Å². The van der Waals surface area contributed by atoms with Crippen LogP contribution in [0.2, 0.25) is 0 Å². The van der Waals surface area contributed by atoms with Crippen molar-refractivity contribution in [2.45, 2.75) is 26.7 Å². The molecule has 0 fully saturated rings. The summed E-state index contributed by atoms with van der Waals surface area (Å²) in [5, 5.41) is 10.2. The number of carbonyl (C=O) groups excluding carboxylic acids is 2. The predicted molar refractivity (Wildman–Crippen MR) is 126 cm³/mol. The van der Waals surface area contributed by atoms with Gasteiger partial charge in [0.1, 0.15) is 5.75 Å². The molecule has 2 amide bonds. The molecular formula is C25H24N4O4. The standard InChI is InChI=1S/C25H24N4O4/c1-14(2)21-13-19(22-15(3)29-33-25(22)28-21)24(31)27-20-11-6-5-10-18(20)23(30)26-16-8-7-9-17(12-16)32-4/h5-14H,1-4H3,(H,26,30)(H,27,31). The van der Waals surface area contributed by atoms with Crippen LogP contribution in [-0.2, 0) is 0 Å². The Labute approximate surface area is 191 Å². The van der Waals surface area contributed by atoms with E-state index in [9.17, 15) is 9.59 Å². The van der Waals surface area contributed by atoms with Crippen molar-refractivity contribution in [3.63, 3.8) is 0 Å². The molecule has 33 heavy (non-hydrogen) atoms. The number of pyridine rings is 1. The van der Waals surface area contributed by atoms with E-state index in [1.54, 1.807) is 68.6 Å². The Hall–Kier alpha value is -4.20. The van der Waals surface area contributed by atoms with E-state index < -0.39 is 0 Å². The Kier molecular flexibility index (Phi) is 6.08. The Morgan fingerprint density at radius 2 is 1.73 bits per heavy atom. The number of ether oxygens (including phenoxy) is 1. The highest BCUT2D eigenvalue weighted by molar-refractivity contribution is 6.16. The molecule has 2 aromatic heterocycles. The van der Waals surface area contributed by atoms with Crippen LogP contribution < -0.4 is 15.4 Å². The third-order valence-electron chi connectivity index (χ3n) is 5.22. The monoisotopic (exact) mass is 444 g/mol. The average Bonchev–Trinajstić information content (AvgIpc) is 3.19. The van der Waals surface area contributed by atoms with Crippen LogP contribution in [0.4, 0.5) is 11.4 Å². The summed E-state index contributed by atoms with van der Waals surface area (Å²) in [5.74, 6) is -0.0197. The van der Waals surface area contributed by atoms with Crippen LogP contribution in [0.1, 0.15) is 51.9 Å². The van der Waals surface area contributed by atoms with Crippen molar-refractivity contribution in [2.75, 3.05) is 17.7 Å². The third-order valence-corrected chi connectivity index (χ3v) is 5.22. The average molecular weight is 444 g/mol. The zero-order valence-electron chi connectivity index (χ0n) is 18.8. The van der Waals surface area contributed by atoms with Crippen LogP contribution in [0.15, 0.2) is 59.1 Å². The molecule has 8 heteroatoms. The summed E-state index contributed by atoms with van der Waals surface area (Å²) in [7, 11) is 1.56. The van der Waals surface area contributed by atoms with Crippen molar-refractivity contribution >= 4 is 34.3 Å². The van der Waals surface area contributed by atoms with Crippen molar-refractivity contribution in [3.8, 4) is 5.75 Å². The molecule has 0 spiro atoms. The van der Waals surface area contributed by atoms with Crippen LogP contribution in [0.3, 0.4) is 0 Å². The number of aromatic nitrogens is 2.